The van der Waals surface area contributed by atoms with Gasteiger partial charge in [0.15, 0.2) is 0 Å². The summed E-state index contributed by atoms with van der Waals surface area (Å²) in [6.45, 7) is 8.36. The fraction of sp³-hybridized carbons (Fsp3) is 0.545. The molecule has 2 N–H and O–H groups in total. The average Bonchev–Trinajstić information content (AvgIpc) is 2.61. The zero-order chi connectivity index (χ0) is 20.9. The average molecular weight is 390 g/mol. The first kappa shape index (κ1) is 21.9. The van der Waals surface area contributed by atoms with Gasteiger partial charge in [-0.1, -0.05) is 39.3 Å². The lowest BCUT2D eigenvalue weighted by Gasteiger charge is -2.42. The Morgan fingerprint density at radius 3 is 2.61 bits per heavy atom. The van der Waals surface area contributed by atoms with Gasteiger partial charge in [0.25, 0.3) is 0 Å². The largest absolute Gasteiger partial charge is 0.481 e. The lowest BCUT2D eigenvalue weighted by Crippen LogP contribution is -2.54. The van der Waals surface area contributed by atoms with Crippen molar-refractivity contribution >= 4 is 12.0 Å². The van der Waals surface area contributed by atoms with Crippen LogP contribution in [0.3, 0.4) is 0 Å². The van der Waals surface area contributed by atoms with Crippen molar-refractivity contribution in [2.24, 2.45) is 5.92 Å². The summed E-state index contributed by atoms with van der Waals surface area (Å²) in [5.74, 6) is -1.00. The van der Waals surface area contributed by atoms with Gasteiger partial charge in [-0.3, -0.25) is 4.79 Å². The van der Waals surface area contributed by atoms with E-state index in [1.54, 1.807) is 6.20 Å². The highest BCUT2D eigenvalue weighted by molar-refractivity contribution is 5.79. The number of halogens is 1. The number of hydrogen-bond donors (Lipinski definition) is 2. The molecule has 1 heterocycles. The van der Waals surface area contributed by atoms with Crippen LogP contribution >= 0.6 is 0 Å². The van der Waals surface area contributed by atoms with Gasteiger partial charge in [-0.2, -0.15) is 0 Å². The Balaban J connectivity index is 2.33. The van der Waals surface area contributed by atoms with Crippen molar-refractivity contribution < 1.29 is 19.1 Å². The van der Waals surface area contributed by atoms with Crippen molar-refractivity contribution in [3.8, 4) is 0 Å². The van der Waals surface area contributed by atoms with Crippen molar-refractivity contribution in [1.29, 1.82) is 0 Å². The van der Waals surface area contributed by atoms with E-state index in [1.165, 1.54) is 11.0 Å². The van der Waals surface area contributed by atoms with Gasteiger partial charge in [0.2, 0.25) is 0 Å². The molecule has 5 nitrogen and oxygen atoms in total. The third kappa shape index (κ3) is 4.91. The molecule has 0 bridgehead atoms. The molecule has 1 aromatic carbocycles. The van der Waals surface area contributed by atoms with Gasteiger partial charge in [0, 0.05) is 19.2 Å². The molecular formula is C22H31FN2O3. The molecule has 0 fully saturated rings. The zero-order valence-corrected chi connectivity index (χ0v) is 17.2. The van der Waals surface area contributed by atoms with Crippen LogP contribution in [0.25, 0.3) is 0 Å². The number of carboxylic acids is 1. The topological polar surface area (TPSA) is 69.6 Å². The molecule has 0 saturated heterocycles. The van der Waals surface area contributed by atoms with Crippen molar-refractivity contribution in [2.75, 3.05) is 6.54 Å². The third-order valence-corrected chi connectivity index (χ3v) is 5.33. The minimum absolute atomic E-state index is 0.0103. The predicted molar refractivity (Wildman–Crippen MR) is 107 cm³/mol. The molecule has 28 heavy (non-hydrogen) atoms. The van der Waals surface area contributed by atoms with E-state index in [2.05, 4.69) is 12.2 Å². The van der Waals surface area contributed by atoms with Crippen LogP contribution in [0.2, 0.25) is 0 Å². The predicted octanol–water partition coefficient (Wildman–Crippen LogP) is 4.81. The van der Waals surface area contributed by atoms with Crippen molar-refractivity contribution in [3.63, 3.8) is 0 Å². The van der Waals surface area contributed by atoms with Gasteiger partial charge in [0.1, 0.15) is 5.82 Å². The van der Waals surface area contributed by atoms with Crippen LogP contribution in [-0.2, 0) is 16.8 Å². The second kappa shape index (κ2) is 9.22. The van der Waals surface area contributed by atoms with Crippen LogP contribution in [-0.4, -0.2) is 28.6 Å². The van der Waals surface area contributed by atoms with Gasteiger partial charge in [-0.15, -0.1) is 0 Å². The number of rotatable bonds is 9. The number of urea groups is 1. The molecule has 0 aromatic heterocycles. The summed E-state index contributed by atoms with van der Waals surface area (Å²) in [5.41, 5.74) is 1.56. The Hall–Kier alpha value is -2.37. The number of carbonyl (C=O) groups is 2. The Morgan fingerprint density at radius 2 is 2.04 bits per heavy atom. The van der Waals surface area contributed by atoms with Crippen LogP contribution in [0, 0.1) is 11.7 Å². The quantitative estimate of drug-likeness (QED) is 0.635. The first-order chi connectivity index (χ1) is 13.2. The maximum absolute atomic E-state index is 14.6. The number of unbranched alkanes of at least 4 members (excludes halogenated alkanes) is 1. The molecule has 1 aromatic rings. The smallest absolute Gasteiger partial charge is 0.322 e. The lowest BCUT2D eigenvalue weighted by molar-refractivity contribution is -0.137. The summed E-state index contributed by atoms with van der Waals surface area (Å²) in [6, 6.07) is 4.94. The van der Waals surface area contributed by atoms with Crippen LogP contribution in [0.15, 0.2) is 30.0 Å². The fourth-order valence-electron chi connectivity index (χ4n) is 3.67. The van der Waals surface area contributed by atoms with Crippen LogP contribution in [0.1, 0.15) is 64.5 Å². The summed E-state index contributed by atoms with van der Waals surface area (Å²) in [7, 11) is 0. The number of aliphatic carboxylic acids is 1. The normalized spacial score (nSPS) is 19.6. The van der Waals surface area contributed by atoms with Gasteiger partial charge in [-0.05, 0) is 54.9 Å². The van der Waals surface area contributed by atoms with E-state index in [-0.39, 0.29) is 24.2 Å². The molecule has 2 amide bonds. The molecule has 6 heteroatoms. The molecule has 0 spiro atoms. The lowest BCUT2D eigenvalue weighted by atomic mass is 9.78. The van der Waals surface area contributed by atoms with E-state index in [0.29, 0.717) is 30.5 Å². The highest BCUT2D eigenvalue weighted by atomic mass is 19.1. The summed E-state index contributed by atoms with van der Waals surface area (Å²) >= 11 is 0. The van der Waals surface area contributed by atoms with Crippen LogP contribution in [0.4, 0.5) is 9.18 Å². The second-order valence-electron chi connectivity index (χ2n) is 7.89. The van der Waals surface area contributed by atoms with Crippen LogP contribution in [0.5, 0.6) is 0 Å². The number of carbonyl (C=O) groups excluding carboxylic acids is 1. The van der Waals surface area contributed by atoms with Crippen LogP contribution < -0.4 is 5.32 Å². The van der Waals surface area contributed by atoms with Gasteiger partial charge < -0.3 is 15.3 Å². The van der Waals surface area contributed by atoms with Gasteiger partial charge in [-0.25, -0.2) is 9.18 Å². The first-order valence-corrected chi connectivity index (χ1v) is 10.0. The second-order valence-corrected chi connectivity index (χ2v) is 7.89. The standard InChI is InChI=1S/C22H31FN2O3/c1-5-6-8-16-10-11-17(13-19(16)23)22(4)18(15(2)3)14-25(21(28)24-22)12-7-9-20(26)27/h10-11,13-15H,5-9,12H2,1-4H3,(H,24,28)(H,26,27). The fourth-order valence-corrected chi connectivity index (χ4v) is 3.67. The number of benzene rings is 1. The molecule has 0 radical (unpaired) electrons. The molecule has 1 unspecified atom stereocenters. The van der Waals surface area contributed by atoms with Crippen molar-refractivity contribution in [3.05, 3.63) is 46.9 Å². The number of hydrogen-bond acceptors (Lipinski definition) is 2. The molecule has 1 atom stereocenters. The van der Waals surface area contributed by atoms with E-state index < -0.39 is 11.5 Å². The molecule has 1 aliphatic rings. The number of nitrogens with one attached hydrogen (secondary N) is 1. The summed E-state index contributed by atoms with van der Waals surface area (Å²) in [5, 5.41) is 11.8. The Kier molecular flexibility index (Phi) is 7.22. The van der Waals surface area contributed by atoms with E-state index >= 15 is 0 Å². The SMILES string of the molecule is CCCCc1ccc(C2(C)NC(=O)N(CCCC(=O)O)C=C2C(C)C)cc1F. The molecule has 2 rings (SSSR count). The molecule has 154 valence electrons. The number of carboxylic acid groups (broad SMARTS) is 1. The summed E-state index contributed by atoms with van der Waals surface area (Å²) < 4.78 is 14.6. The minimum atomic E-state index is -0.881. The Labute approximate surface area is 166 Å². The summed E-state index contributed by atoms with van der Waals surface area (Å²) in [6.07, 6.45) is 4.84. The number of aryl methyl sites for hydroxylation is 1. The monoisotopic (exact) mass is 390 g/mol. The Morgan fingerprint density at radius 1 is 1.32 bits per heavy atom. The third-order valence-electron chi connectivity index (χ3n) is 5.33. The number of nitrogens with zero attached hydrogens (tertiary/aromatic N) is 1. The maximum Gasteiger partial charge on any atom is 0.322 e. The molecular weight excluding hydrogens is 359 g/mol. The zero-order valence-electron chi connectivity index (χ0n) is 17.2. The minimum Gasteiger partial charge on any atom is -0.481 e. The van der Waals surface area contributed by atoms with E-state index in [1.807, 2.05) is 32.9 Å². The van der Waals surface area contributed by atoms with Gasteiger partial charge >= 0.3 is 12.0 Å². The molecule has 0 saturated carbocycles. The number of amides is 2. The van der Waals surface area contributed by atoms with E-state index in [9.17, 15) is 14.0 Å². The van der Waals surface area contributed by atoms with Gasteiger partial charge in [0.05, 0.1) is 5.54 Å². The molecule has 0 aliphatic carbocycles. The highest BCUT2D eigenvalue weighted by Crippen LogP contribution is 2.37. The van der Waals surface area contributed by atoms with Crippen molar-refractivity contribution in [1.82, 2.24) is 10.2 Å². The molecule has 1 aliphatic heterocycles. The maximum atomic E-state index is 14.6. The highest BCUT2D eigenvalue weighted by Gasteiger charge is 2.39. The Bertz CT molecular complexity index is 760. The first-order valence-electron chi connectivity index (χ1n) is 10.0. The summed E-state index contributed by atoms with van der Waals surface area (Å²) in [4.78, 5) is 24.9. The van der Waals surface area contributed by atoms with E-state index in [4.69, 9.17) is 5.11 Å². The van der Waals surface area contributed by atoms with Crippen molar-refractivity contribution in [2.45, 2.75) is 65.3 Å². The van der Waals surface area contributed by atoms with E-state index in [0.717, 1.165) is 18.4 Å².